The quantitative estimate of drug-likeness (QED) is 0.923. The molecule has 2 fully saturated rings. The van der Waals surface area contributed by atoms with Crippen molar-refractivity contribution >= 4 is 6.09 Å². The normalized spacial score (nSPS) is 26.6. The predicted octanol–water partition coefficient (Wildman–Crippen LogP) is 3.56. The fraction of sp³-hybridized carbons (Fsp3) is 0.632. The lowest BCUT2D eigenvalue weighted by atomic mass is 9.99. The molecule has 4 heteroatoms. The highest BCUT2D eigenvalue weighted by Crippen LogP contribution is 2.42. The van der Waals surface area contributed by atoms with Crippen molar-refractivity contribution in [2.45, 2.75) is 64.3 Å². The number of piperidine rings is 1. The number of fused-ring (bicyclic) bond motifs is 2. The van der Waals surface area contributed by atoms with E-state index in [1.54, 1.807) is 0 Å². The van der Waals surface area contributed by atoms with Gasteiger partial charge in [-0.2, -0.15) is 0 Å². The third-order valence-electron chi connectivity index (χ3n) is 4.87. The molecule has 2 bridgehead atoms. The fourth-order valence-electron chi connectivity index (χ4n) is 3.92. The van der Waals surface area contributed by atoms with Gasteiger partial charge >= 0.3 is 6.09 Å². The summed E-state index contributed by atoms with van der Waals surface area (Å²) in [5.41, 5.74) is 0.848. The second kappa shape index (κ2) is 6.52. The average molecular weight is 316 g/mol. The van der Waals surface area contributed by atoms with Gasteiger partial charge in [0.05, 0.1) is 6.04 Å². The molecule has 1 aliphatic heterocycles. The summed E-state index contributed by atoms with van der Waals surface area (Å²) in [6.45, 7) is 7.48. The summed E-state index contributed by atoms with van der Waals surface area (Å²) in [5, 5.41) is 3.53. The summed E-state index contributed by atoms with van der Waals surface area (Å²) in [5.74, 6) is 0.621. The summed E-state index contributed by atoms with van der Waals surface area (Å²) in [7, 11) is 0. The van der Waals surface area contributed by atoms with Crippen LogP contribution in [0.3, 0.4) is 0 Å². The van der Waals surface area contributed by atoms with Crippen molar-refractivity contribution < 1.29 is 9.53 Å². The van der Waals surface area contributed by atoms with Crippen LogP contribution in [0.1, 0.15) is 45.6 Å². The molecule has 3 unspecified atom stereocenters. The number of rotatable bonds is 4. The lowest BCUT2D eigenvalue weighted by Gasteiger charge is -2.36. The van der Waals surface area contributed by atoms with Crippen molar-refractivity contribution in [3.63, 3.8) is 0 Å². The number of amides is 1. The third kappa shape index (κ3) is 3.86. The Morgan fingerprint density at radius 1 is 1.26 bits per heavy atom. The summed E-state index contributed by atoms with van der Waals surface area (Å²) in [6.07, 6.45) is 3.36. The molecule has 1 saturated carbocycles. The van der Waals surface area contributed by atoms with Crippen LogP contribution in [0.15, 0.2) is 30.3 Å². The number of hydrogen-bond donors (Lipinski definition) is 1. The van der Waals surface area contributed by atoms with Gasteiger partial charge in [-0.3, -0.25) is 0 Å². The van der Waals surface area contributed by atoms with Gasteiger partial charge in [-0.25, -0.2) is 4.79 Å². The second-order valence-electron chi connectivity index (χ2n) is 7.80. The lowest BCUT2D eigenvalue weighted by molar-refractivity contribution is 0.00761. The first-order valence-electron chi connectivity index (χ1n) is 8.70. The van der Waals surface area contributed by atoms with E-state index in [9.17, 15) is 4.79 Å². The second-order valence-corrected chi connectivity index (χ2v) is 7.80. The minimum Gasteiger partial charge on any atom is -0.444 e. The minimum atomic E-state index is -0.430. The number of carbonyl (C=O) groups excluding carboxylic acids is 1. The van der Waals surface area contributed by atoms with E-state index in [0.717, 1.165) is 25.9 Å². The topological polar surface area (TPSA) is 41.6 Å². The van der Waals surface area contributed by atoms with E-state index in [-0.39, 0.29) is 12.1 Å². The van der Waals surface area contributed by atoms with E-state index < -0.39 is 5.60 Å². The standard InChI is InChI=1S/C19H28N2O2/c1-19(2,3)23-18(22)21-16-10-9-15(11-16)17(21)13-20-12-14-7-5-4-6-8-14/h4-8,15-17,20H,9-13H2,1-3H3. The first-order chi connectivity index (χ1) is 10.9. The molecule has 1 N–H and O–H groups in total. The summed E-state index contributed by atoms with van der Waals surface area (Å²) in [6, 6.07) is 11.0. The first-order valence-corrected chi connectivity index (χ1v) is 8.70. The van der Waals surface area contributed by atoms with Gasteiger partial charge in [0.1, 0.15) is 5.60 Å². The highest BCUT2D eigenvalue weighted by molar-refractivity contribution is 5.70. The van der Waals surface area contributed by atoms with Crippen molar-refractivity contribution in [2.75, 3.05) is 6.54 Å². The third-order valence-corrected chi connectivity index (χ3v) is 4.87. The number of carbonyl (C=O) groups is 1. The van der Waals surface area contributed by atoms with Crippen LogP contribution in [0, 0.1) is 5.92 Å². The zero-order chi connectivity index (χ0) is 16.4. The Labute approximate surface area is 139 Å². The predicted molar refractivity (Wildman–Crippen MR) is 91.1 cm³/mol. The Morgan fingerprint density at radius 2 is 2.00 bits per heavy atom. The van der Waals surface area contributed by atoms with Crippen LogP contribution in [0.25, 0.3) is 0 Å². The maximum atomic E-state index is 12.6. The largest absolute Gasteiger partial charge is 0.444 e. The van der Waals surface area contributed by atoms with E-state index in [0.29, 0.717) is 12.0 Å². The van der Waals surface area contributed by atoms with E-state index in [1.807, 2.05) is 31.7 Å². The van der Waals surface area contributed by atoms with Gasteiger partial charge in [0.2, 0.25) is 0 Å². The Morgan fingerprint density at radius 3 is 2.70 bits per heavy atom. The first kappa shape index (κ1) is 16.3. The molecule has 4 nitrogen and oxygen atoms in total. The molecular weight excluding hydrogens is 288 g/mol. The molecule has 1 aromatic carbocycles. The Balaban J connectivity index is 1.59. The number of nitrogens with one attached hydrogen (secondary N) is 1. The number of ether oxygens (including phenoxy) is 1. The van der Waals surface area contributed by atoms with Crippen molar-refractivity contribution in [2.24, 2.45) is 5.92 Å². The van der Waals surface area contributed by atoms with Gasteiger partial charge < -0.3 is 15.0 Å². The maximum Gasteiger partial charge on any atom is 0.410 e. The number of likely N-dealkylation sites (tertiary alicyclic amines) is 1. The Kier molecular flexibility index (Phi) is 4.62. The van der Waals surface area contributed by atoms with E-state index >= 15 is 0 Å². The molecule has 1 amide bonds. The molecule has 23 heavy (non-hydrogen) atoms. The zero-order valence-corrected chi connectivity index (χ0v) is 14.4. The van der Waals surface area contributed by atoms with Gasteiger partial charge in [-0.1, -0.05) is 30.3 Å². The van der Waals surface area contributed by atoms with Gasteiger partial charge in [-0.15, -0.1) is 0 Å². The van der Waals surface area contributed by atoms with E-state index in [2.05, 4.69) is 29.6 Å². The van der Waals surface area contributed by atoms with Crippen LogP contribution in [0.4, 0.5) is 4.79 Å². The summed E-state index contributed by atoms with van der Waals surface area (Å²) < 4.78 is 5.63. The average Bonchev–Trinajstić information content (AvgIpc) is 3.07. The highest BCUT2D eigenvalue weighted by atomic mass is 16.6. The monoisotopic (exact) mass is 316 g/mol. The molecule has 0 spiro atoms. The van der Waals surface area contributed by atoms with Crippen molar-refractivity contribution in [1.82, 2.24) is 10.2 Å². The highest BCUT2D eigenvalue weighted by Gasteiger charge is 2.48. The molecule has 1 saturated heterocycles. The number of benzene rings is 1. The molecule has 3 rings (SSSR count). The van der Waals surface area contributed by atoms with Gasteiger partial charge in [0.25, 0.3) is 0 Å². The Hall–Kier alpha value is -1.55. The van der Waals surface area contributed by atoms with E-state index in [1.165, 1.54) is 12.0 Å². The van der Waals surface area contributed by atoms with Crippen molar-refractivity contribution in [3.05, 3.63) is 35.9 Å². The molecule has 1 aliphatic carbocycles. The molecule has 126 valence electrons. The number of hydrogen-bond acceptors (Lipinski definition) is 3. The zero-order valence-electron chi connectivity index (χ0n) is 14.4. The van der Waals surface area contributed by atoms with Crippen LogP contribution >= 0.6 is 0 Å². The fourth-order valence-corrected chi connectivity index (χ4v) is 3.92. The summed E-state index contributed by atoms with van der Waals surface area (Å²) >= 11 is 0. The minimum absolute atomic E-state index is 0.142. The van der Waals surface area contributed by atoms with Crippen LogP contribution in [-0.2, 0) is 11.3 Å². The molecule has 2 aliphatic rings. The van der Waals surface area contributed by atoms with Crippen LogP contribution < -0.4 is 5.32 Å². The molecule has 0 radical (unpaired) electrons. The van der Waals surface area contributed by atoms with E-state index in [4.69, 9.17) is 4.74 Å². The molecule has 0 aromatic heterocycles. The summed E-state index contributed by atoms with van der Waals surface area (Å²) in [4.78, 5) is 14.6. The van der Waals surface area contributed by atoms with Gasteiger partial charge in [0, 0.05) is 19.1 Å². The smallest absolute Gasteiger partial charge is 0.410 e. The van der Waals surface area contributed by atoms with Gasteiger partial charge in [0.15, 0.2) is 0 Å². The number of nitrogens with zero attached hydrogens (tertiary/aromatic N) is 1. The van der Waals surface area contributed by atoms with Crippen molar-refractivity contribution in [1.29, 1.82) is 0 Å². The van der Waals surface area contributed by atoms with Gasteiger partial charge in [-0.05, 0) is 51.5 Å². The molecule has 1 aromatic rings. The SMILES string of the molecule is CC(C)(C)OC(=O)N1C2CCC(C2)C1CNCc1ccccc1. The van der Waals surface area contributed by atoms with Crippen LogP contribution in [0.2, 0.25) is 0 Å². The molecule has 1 heterocycles. The van der Waals surface area contributed by atoms with Crippen molar-refractivity contribution in [3.8, 4) is 0 Å². The van der Waals surface area contributed by atoms with Crippen LogP contribution in [-0.4, -0.2) is 35.2 Å². The Bertz CT molecular complexity index is 538. The lowest BCUT2D eigenvalue weighted by Crippen LogP contribution is -2.50. The maximum absolute atomic E-state index is 12.6. The molecular formula is C19H28N2O2. The molecule has 3 atom stereocenters. The van der Waals surface area contributed by atoms with Crippen LogP contribution in [0.5, 0.6) is 0 Å².